The van der Waals surface area contributed by atoms with E-state index in [1.165, 1.54) is 6.42 Å². The fourth-order valence-corrected chi connectivity index (χ4v) is 2.28. The molecule has 2 fully saturated rings. The Labute approximate surface area is 85.4 Å². The standard InChI is InChI=1S/C11H19NO2/c1-9(2)10(13)12-6-3-11(4-7-12)5-8-14-11/h9H,3-8H2,1-2H3. The highest BCUT2D eigenvalue weighted by atomic mass is 16.5. The lowest BCUT2D eigenvalue weighted by molar-refractivity contribution is -0.177. The molecule has 0 saturated carbocycles. The van der Waals surface area contributed by atoms with Gasteiger partial charge in [0.15, 0.2) is 0 Å². The Morgan fingerprint density at radius 1 is 1.29 bits per heavy atom. The predicted octanol–water partition coefficient (Wildman–Crippen LogP) is 1.42. The van der Waals surface area contributed by atoms with E-state index >= 15 is 0 Å². The number of carbonyl (C=O) groups is 1. The van der Waals surface area contributed by atoms with Gasteiger partial charge in [0.2, 0.25) is 5.91 Å². The molecule has 2 aliphatic rings. The first kappa shape index (κ1) is 9.97. The summed E-state index contributed by atoms with van der Waals surface area (Å²) in [5, 5.41) is 0. The number of hydrogen-bond acceptors (Lipinski definition) is 2. The molecule has 0 aromatic carbocycles. The number of piperidine rings is 1. The van der Waals surface area contributed by atoms with Gasteiger partial charge in [-0.25, -0.2) is 0 Å². The molecule has 0 aromatic rings. The van der Waals surface area contributed by atoms with Crippen LogP contribution in [0, 0.1) is 5.92 Å². The minimum Gasteiger partial charge on any atom is -0.375 e. The topological polar surface area (TPSA) is 29.5 Å². The summed E-state index contributed by atoms with van der Waals surface area (Å²) in [6.07, 6.45) is 3.26. The Bertz CT molecular complexity index is 223. The second-order valence-electron chi connectivity index (χ2n) is 4.76. The molecule has 1 amide bonds. The number of ether oxygens (including phenoxy) is 1. The Balaban J connectivity index is 1.86. The summed E-state index contributed by atoms with van der Waals surface area (Å²) < 4.78 is 5.61. The van der Waals surface area contributed by atoms with Crippen molar-refractivity contribution in [3.05, 3.63) is 0 Å². The molecule has 0 atom stereocenters. The summed E-state index contributed by atoms with van der Waals surface area (Å²) in [6.45, 7) is 6.62. The summed E-state index contributed by atoms with van der Waals surface area (Å²) >= 11 is 0. The summed E-state index contributed by atoms with van der Waals surface area (Å²) in [4.78, 5) is 13.7. The molecule has 80 valence electrons. The smallest absolute Gasteiger partial charge is 0.225 e. The monoisotopic (exact) mass is 197 g/mol. The van der Waals surface area contributed by atoms with Crippen molar-refractivity contribution in [1.82, 2.24) is 4.90 Å². The van der Waals surface area contributed by atoms with Crippen LogP contribution in [-0.2, 0) is 9.53 Å². The van der Waals surface area contributed by atoms with Gasteiger partial charge in [-0.15, -0.1) is 0 Å². The zero-order chi connectivity index (χ0) is 10.2. The van der Waals surface area contributed by atoms with Crippen molar-refractivity contribution in [2.75, 3.05) is 19.7 Å². The molecule has 2 saturated heterocycles. The van der Waals surface area contributed by atoms with Gasteiger partial charge < -0.3 is 9.64 Å². The first-order valence-electron chi connectivity index (χ1n) is 5.56. The molecule has 0 unspecified atom stereocenters. The van der Waals surface area contributed by atoms with E-state index in [4.69, 9.17) is 4.74 Å². The molecule has 14 heavy (non-hydrogen) atoms. The fraction of sp³-hybridized carbons (Fsp3) is 0.909. The summed E-state index contributed by atoms with van der Waals surface area (Å²) in [6, 6.07) is 0. The number of amides is 1. The quantitative estimate of drug-likeness (QED) is 0.636. The van der Waals surface area contributed by atoms with E-state index < -0.39 is 0 Å². The van der Waals surface area contributed by atoms with Gasteiger partial charge in [0.1, 0.15) is 0 Å². The first-order chi connectivity index (χ1) is 6.63. The Morgan fingerprint density at radius 2 is 1.86 bits per heavy atom. The molecule has 3 nitrogen and oxygen atoms in total. The minimum atomic E-state index is 0.131. The van der Waals surface area contributed by atoms with Gasteiger partial charge in [-0.3, -0.25) is 4.79 Å². The third-order valence-corrected chi connectivity index (χ3v) is 3.45. The van der Waals surface area contributed by atoms with E-state index in [9.17, 15) is 4.79 Å². The lowest BCUT2D eigenvalue weighted by atomic mass is 9.84. The Kier molecular flexibility index (Phi) is 2.52. The van der Waals surface area contributed by atoms with E-state index in [2.05, 4.69) is 0 Å². The van der Waals surface area contributed by atoms with Gasteiger partial charge in [0, 0.05) is 19.0 Å². The van der Waals surface area contributed by atoms with Crippen molar-refractivity contribution in [3.63, 3.8) is 0 Å². The van der Waals surface area contributed by atoms with Crippen LogP contribution in [0.4, 0.5) is 0 Å². The maximum atomic E-state index is 11.7. The van der Waals surface area contributed by atoms with E-state index in [0.717, 1.165) is 32.5 Å². The van der Waals surface area contributed by atoms with Crippen molar-refractivity contribution in [2.45, 2.75) is 38.7 Å². The van der Waals surface area contributed by atoms with Crippen LogP contribution in [-0.4, -0.2) is 36.1 Å². The van der Waals surface area contributed by atoms with Crippen LogP contribution in [0.3, 0.4) is 0 Å². The van der Waals surface area contributed by atoms with Gasteiger partial charge in [-0.05, 0) is 19.3 Å². The van der Waals surface area contributed by atoms with E-state index in [0.29, 0.717) is 5.91 Å². The zero-order valence-electron chi connectivity index (χ0n) is 9.08. The molecular formula is C11H19NO2. The highest BCUT2D eigenvalue weighted by Crippen LogP contribution is 2.36. The number of nitrogens with zero attached hydrogens (tertiary/aromatic N) is 1. The second-order valence-corrected chi connectivity index (χ2v) is 4.76. The SMILES string of the molecule is CC(C)C(=O)N1CCC2(CCO2)CC1. The summed E-state index contributed by atoms with van der Waals surface area (Å²) in [5.74, 6) is 0.422. The average molecular weight is 197 g/mol. The number of rotatable bonds is 1. The lowest BCUT2D eigenvalue weighted by Gasteiger charge is -2.47. The second kappa shape index (κ2) is 3.54. The first-order valence-corrected chi connectivity index (χ1v) is 5.56. The zero-order valence-corrected chi connectivity index (χ0v) is 9.08. The van der Waals surface area contributed by atoms with Crippen LogP contribution in [0.1, 0.15) is 33.1 Å². The molecule has 0 N–H and O–H groups in total. The largest absolute Gasteiger partial charge is 0.375 e. The third kappa shape index (κ3) is 1.65. The van der Waals surface area contributed by atoms with Crippen molar-refractivity contribution < 1.29 is 9.53 Å². The Hall–Kier alpha value is -0.570. The molecule has 1 spiro atoms. The molecule has 0 aromatic heterocycles. The molecule has 2 heterocycles. The molecule has 0 bridgehead atoms. The summed E-state index contributed by atoms with van der Waals surface area (Å²) in [7, 11) is 0. The van der Waals surface area contributed by atoms with Crippen LogP contribution in [0.25, 0.3) is 0 Å². The van der Waals surface area contributed by atoms with Gasteiger partial charge in [0.05, 0.1) is 12.2 Å². The van der Waals surface area contributed by atoms with Gasteiger partial charge >= 0.3 is 0 Å². The maximum Gasteiger partial charge on any atom is 0.225 e. The minimum absolute atomic E-state index is 0.131. The molecular weight excluding hydrogens is 178 g/mol. The van der Waals surface area contributed by atoms with E-state index in [1.807, 2.05) is 18.7 Å². The van der Waals surface area contributed by atoms with Crippen LogP contribution < -0.4 is 0 Å². The molecule has 0 aliphatic carbocycles. The van der Waals surface area contributed by atoms with Crippen LogP contribution in [0.15, 0.2) is 0 Å². The van der Waals surface area contributed by atoms with Crippen LogP contribution in [0.2, 0.25) is 0 Å². The lowest BCUT2D eigenvalue weighted by Crippen LogP contribution is -2.54. The van der Waals surface area contributed by atoms with E-state index in [1.54, 1.807) is 0 Å². The maximum absolute atomic E-state index is 11.7. The number of likely N-dealkylation sites (tertiary alicyclic amines) is 1. The van der Waals surface area contributed by atoms with Crippen molar-refractivity contribution >= 4 is 5.91 Å². The molecule has 0 radical (unpaired) electrons. The van der Waals surface area contributed by atoms with Crippen LogP contribution in [0.5, 0.6) is 0 Å². The number of hydrogen-bond donors (Lipinski definition) is 0. The third-order valence-electron chi connectivity index (χ3n) is 3.45. The highest BCUT2D eigenvalue weighted by molar-refractivity contribution is 5.78. The predicted molar refractivity (Wildman–Crippen MR) is 54.0 cm³/mol. The van der Waals surface area contributed by atoms with E-state index in [-0.39, 0.29) is 11.5 Å². The summed E-state index contributed by atoms with van der Waals surface area (Å²) in [5.41, 5.74) is 0.160. The van der Waals surface area contributed by atoms with Crippen molar-refractivity contribution in [2.24, 2.45) is 5.92 Å². The molecule has 2 aliphatic heterocycles. The van der Waals surface area contributed by atoms with Crippen molar-refractivity contribution in [1.29, 1.82) is 0 Å². The molecule has 3 heteroatoms. The highest BCUT2D eigenvalue weighted by Gasteiger charge is 2.41. The van der Waals surface area contributed by atoms with Crippen molar-refractivity contribution in [3.8, 4) is 0 Å². The fourth-order valence-electron chi connectivity index (χ4n) is 2.28. The van der Waals surface area contributed by atoms with Crippen LogP contribution >= 0.6 is 0 Å². The number of carbonyl (C=O) groups excluding carboxylic acids is 1. The molecule has 2 rings (SSSR count). The van der Waals surface area contributed by atoms with Gasteiger partial charge in [-0.2, -0.15) is 0 Å². The average Bonchev–Trinajstić information content (AvgIpc) is 2.14. The normalized spacial score (nSPS) is 25.2. The Morgan fingerprint density at radius 3 is 2.21 bits per heavy atom. The van der Waals surface area contributed by atoms with Gasteiger partial charge in [-0.1, -0.05) is 13.8 Å². The van der Waals surface area contributed by atoms with Gasteiger partial charge in [0.25, 0.3) is 0 Å².